The van der Waals surface area contributed by atoms with Gasteiger partial charge < -0.3 is 5.73 Å². The molecule has 0 spiro atoms. The second-order valence-electron chi connectivity index (χ2n) is 4.51. The zero-order valence-electron chi connectivity index (χ0n) is 10.5. The fourth-order valence-electron chi connectivity index (χ4n) is 2.66. The Balaban J connectivity index is 2.29. The molecule has 1 aliphatic heterocycles. The Morgan fingerprint density at radius 3 is 2.63 bits per heavy atom. The van der Waals surface area contributed by atoms with E-state index in [0.717, 1.165) is 22.8 Å². The molecule has 1 aromatic carbocycles. The molecule has 1 unspecified atom stereocenters. The Bertz CT molecular complexity index is 683. The van der Waals surface area contributed by atoms with E-state index in [9.17, 15) is 0 Å². The van der Waals surface area contributed by atoms with Crippen molar-refractivity contribution < 1.29 is 0 Å². The number of nitrogens with two attached hydrogens (primary N) is 1. The third-order valence-corrected chi connectivity index (χ3v) is 3.52. The van der Waals surface area contributed by atoms with Gasteiger partial charge in [-0.05, 0) is 12.0 Å². The molecular formula is C16H14N3+. The van der Waals surface area contributed by atoms with Crippen LogP contribution in [0.5, 0.6) is 0 Å². The molecule has 1 atom stereocenters. The van der Waals surface area contributed by atoms with Crippen LogP contribution in [0, 0.1) is 12.3 Å². The third kappa shape index (κ3) is 1.55. The molecule has 2 heterocycles. The third-order valence-electron chi connectivity index (χ3n) is 3.52. The maximum absolute atomic E-state index is 6.30. The molecule has 1 aliphatic rings. The van der Waals surface area contributed by atoms with Crippen LogP contribution in [-0.2, 0) is 0 Å². The maximum atomic E-state index is 6.30. The summed E-state index contributed by atoms with van der Waals surface area (Å²) >= 11 is 0. The summed E-state index contributed by atoms with van der Waals surface area (Å²) in [6.07, 6.45) is 11.1. The first-order chi connectivity index (χ1) is 9.29. The van der Waals surface area contributed by atoms with Crippen LogP contribution in [-0.4, -0.2) is 11.5 Å². The van der Waals surface area contributed by atoms with Crippen molar-refractivity contribution in [3.8, 4) is 12.3 Å². The number of hydrogen-bond acceptors (Lipinski definition) is 2. The molecule has 0 amide bonds. The smallest absolute Gasteiger partial charge is 0.210 e. The van der Waals surface area contributed by atoms with Gasteiger partial charge in [0.25, 0.3) is 0 Å². The Morgan fingerprint density at radius 2 is 1.89 bits per heavy atom. The maximum Gasteiger partial charge on any atom is 0.210 e. The van der Waals surface area contributed by atoms with E-state index in [-0.39, 0.29) is 0 Å². The summed E-state index contributed by atoms with van der Waals surface area (Å²) in [5.41, 5.74) is 9.57. The average molecular weight is 248 g/mol. The molecule has 3 rings (SSSR count). The largest absolute Gasteiger partial charge is 0.354 e. The number of quaternary nitrogens is 1. The molecule has 0 bridgehead atoms. The van der Waals surface area contributed by atoms with Crippen LogP contribution in [0.4, 0.5) is 11.4 Å². The van der Waals surface area contributed by atoms with E-state index in [1.54, 1.807) is 12.4 Å². The van der Waals surface area contributed by atoms with Crippen molar-refractivity contribution in [2.24, 2.45) is 5.73 Å². The van der Waals surface area contributed by atoms with Gasteiger partial charge in [0.1, 0.15) is 5.69 Å². The normalized spacial score (nSPS) is 20.5. The molecule has 92 valence electrons. The predicted octanol–water partition coefficient (Wildman–Crippen LogP) is 2.62. The van der Waals surface area contributed by atoms with Crippen molar-refractivity contribution >= 4 is 17.5 Å². The molecule has 19 heavy (non-hydrogen) atoms. The highest BCUT2D eigenvalue weighted by Crippen LogP contribution is 2.44. The first-order valence-electron chi connectivity index (χ1n) is 6.08. The molecule has 3 nitrogen and oxygen atoms in total. The minimum absolute atomic E-state index is 0.384. The first kappa shape index (κ1) is 11.5. The molecule has 0 radical (unpaired) electrons. The van der Waals surface area contributed by atoms with Crippen molar-refractivity contribution in [1.82, 2.24) is 9.47 Å². The van der Waals surface area contributed by atoms with E-state index < -0.39 is 0 Å². The summed E-state index contributed by atoms with van der Waals surface area (Å²) in [4.78, 5) is 4.07. The topological polar surface area (TPSA) is 38.9 Å². The van der Waals surface area contributed by atoms with Crippen LogP contribution in [0.1, 0.15) is 5.56 Å². The Kier molecular flexibility index (Phi) is 2.59. The van der Waals surface area contributed by atoms with Crippen molar-refractivity contribution in [3.05, 3.63) is 60.2 Å². The lowest BCUT2D eigenvalue weighted by atomic mass is 10.1. The number of para-hydroxylation sites is 1. The zero-order valence-corrected chi connectivity index (χ0v) is 10.5. The minimum Gasteiger partial charge on any atom is -0.354 e. The second kappa shape index (κ2) is 4.27. The quantitative estimate of drug-likeness (QED) is 0.655. The van der Waals surface area contributed by atoms with Crippen molar-refractivity contribution in [2.75, 3.05) is 6.54 Å². The summed E-state index contributed by atoms with van der Waals surface area (Å²) < 4.78 is 0.384. The van der Waals surface area contributed by atoms with Crippen molar-refractivity contribution in [2.45, 2.75) is 0 Å². The number of hydrogen-bond donors (Lipinski definition) is 1. The highest BCUT2D eigenvalue weighted by Gasteiger charge is 2.42. The molecule has 0 fully saturated rings. The fraction of sp³-hybridized carbons (Fsp3) is 0.0625. The van der Waals surface area contributed by atoms with Crippen molar-refractivity contribution in [1.29, 1.82) is 0 Å². The highest BCUT2D eigenvalue weighted by atomic mass is 15.4. The van der Waals surface area contributed by atoms with Gasteiger partial charge in [0, 0.05) is 42.2 Å². The standard InChI is InChI=1S/C16H14N3/c1-2-11-19(14-7-9-18-10-8-14)15-6-4-3-5-13(15)12-16(19)17/h1,3-10,12H,11,17H2/q+1. The van der Waals surface area contributed by atoms with E-state index >= 15 is 0 Å². The van der Waals surface area contributed by atoms with Gasteiger partial charge in [-0.2, -0.15) is 0 Å². The predicted molar refractivity (Wildman–Crippen MR) is 78.0 cm³/mol. The Hall–Kier alpha value is -2.57. The summed E-state index contributed by atoms with van der Waals surface area (Å²) in [5.74, 6) is 3.49. The molecule has 0 saturated carbocycles. The summed E-state index contributed by atoms with van der Waals surface area (Å²) in [6.45, 7) is 0.489. The Morgan fingerprint density at radius 1 is 1.16 bits per heavy atom. The van der Waals surface area contributed by atoms with Crippen LogP contribution >= 0.6 is 0 Å². The molecule has 2 aromatic rings. The number of rotatable bonds is 2. The molecular weight excluding hydrogens is 234 g/mol. The molecule has 0 aliphatic carbocycles. The fourth-order valence-corrected chi connectivity index (χ4v) is 2.66. The van der Waals surface area contributed by atoms with Crippen LogP contribution in [0.2, 0.25) is 0 Å². The lowest BCUT2D eigenvalue weighted by Gasteiger charge is -2.32. The van der Waals surface area contributed by atoms with Gasteiger partial charge in [-0.3, -0.25) is 4.98 Å². The number of nitrogens with zero attached hydrogens (tertiary/aromatic N) is 2. The number of aromatic nitrogens is 1. The second-order valence-corrected chi connectivity index (χ2v) is 4.51. The van der Waals surface area contributed by atoms with E-state index in [1.807, 2.05) is 30.3 Å². The number of pyridine rings is 1. The van der Waals surface area contributed by atoms with Gasteiger partial charge in [-0.25, -0.2) is 4.48 Å². The van der Waals surface area contributed by atoms with Gasteiger partial charge in [-0.15, -0.1) is 6.42 Å². The van der Waals surface area contributed by atoms with Gasteiger partial charge >= 0.3 is 0 Å². The van der Waals surface area contributed by atoms with E-state index in [1.165, 1.54) is 0 Å². The Labute approximate surface area is 112 Å². The molecule has 0 saturated heterocycles. The van der Waals surface area contributed by atoms with Gasteiger partial charge in [-0.1, -0.05) is 12.1 Å². The molecule has 2 N–H and O–H groups in total. The van der Waals surface area contributed by atoms with E-state index in [2.05, 4.69) is 23.0 Å². The summed E-state index contributed by atoms with van der Waals surface area (Å²) in [5, 5.41) is 0. The number of fused-ring (bicyclic) bond motifs is 1. The lowest BCUT2D eigenvalue weighted by Crippen LogP contribution is -2.44. The van der Waals surface area contributed by atoms with E-state index in [4.69, 9.17) is 12.2 Å². The summed E-state index contributed by atoms with van der Waals surface area (Å²) in [7, 11) is 0. The SMILES string of the molecule is C#CC[N+]1(c2ccncc2)C(N)=Cc2ccccc21. The van der Waals surface area contributed by atoms with Crippen LogP contribution in [0.15, 0.2) is 54.6 Å². The van der Waals surface area contributed by atoms with Gasteiger partial charge in [0.15, 0.2) is 12.2 Å². The average Bonchev–Trinajstić information content (AvgIpc) is 2.74. The van der Waals surface area contributed by atoms with Crippen LogP contribution in [0.3, 0.4) is 0 Å². The lowest BCUT2D eigenvalue weighted by molar-refractivity contribution is 0.526. The van der Waals surface area contributed by atoms with Crippen molar-refractivity contribution in [3.63, 3.8) is 0 Å². The van der Waals surface area contributed by atoms with E-state index in [0.29, 0.717) is 11.0 Å². The summed E-state index contributed by atoms with van der Waals surface area (Å²) in [6, 6.07) is 12.1. The monoisotopic (exact) mass is 248 g/mol. The molecule has 3 heteroatoms. The van der Waals surface area contributed by atoms with Gasteiger partial charge in [0.2, 0.25) is 5.82 Å². The zero-order chi connectivity index (χ0) is 13.3. The first-order valence-corrected chi connectivity index (χ1v) is 6.08. The van der Waals surface area contributed by atoms with Crippen LogP contribution in [0.25, 0.3) is 6.08 Å². The number of benzene rings is 1. The highest BCUT2D eigenvalue weighted by molar-refractivity contribution is 5.81. The number of terminal acetylenes is 1. The van der Waals surface area contributed by atoms with Crippen LogP contribution < -0.4 is 10.2 Å². The molecule has 1 aromatic heterocycles. The van der Waals surface area contributed by atoms with Gasteiger partial charge in [0.05, 0.1) is 0 Å². The minimum atomic E-state index is 0.384.